The number of benzene rings is 1. The average Bonchev–Trinajstić information content (AvgIpc) is 2.82. The fourth-order valence-corrected chi connectivity index (χ4v) is 3.78. The third-order valence-corrected chi connectivity index (χ3v) is 5.16. The van der Waals surface area contributed by atoms with Crippen LogP contribution in [0.25, 0.3) is 0 Å². The summed E-state index contributed by atoms with van der Waals surface area (Å²) in [5.41, 5.74) is 2.87. The minimum absolute atomic E-state index is 0.244. The van der Waals surface area contributed by atoms with E-state index >= 15 is 0 Å². The van der Waals surface area contributed by atoms with Gasteiger partial charge in [0.15, 0.2) is 5.17 Å². The van der Waals surface area contributed by atoms with Gasteiger partial charge in [-0.05, 0) is 30.9 Å². The molecule has 0 amide bonds. The smallest absolute Gasteiger partial charge is 0.157 e. The maximum Gasteiger partial charge on any atom is 0.157 e. The van der Waals surface area contributed by atoms with E-state index in [0.29, 0.717) is 0 Å². The highest BCUT2D eigenvalue weighted by Gasteiger charge is 2.38. The molecule has 1 spiro atoms. The van der Waals surface area contributed by atoms with Gasteiger partial charge in [0.05, 0.1) is 12.1 Å². The van der Waals surface area contributed by atoms with E-state index in [-0.39, 0.29) is 5.54 Å². The standard InChI is InChI=1S/C15H20N2OS/c1-12-4-2-3-5-13(12)10-16-14-17-15(11-19-14)6-8-18-9-7-15/h2-5H,6-11H2,1H3,(H,16,17). The Bertz CT molecular complexity index is 481. The number of hydrogen-bond donors (Lipinski definition) is 1. The second-order valence-electron chi connectivity index (χ2n) is 5.35. The third kappa shape index (κ3) is 2.95. The van der Waals surface area contributed by atoms with E-state index in [1.165, 1.54) is 11.1 Å². The van der Waals surface area contributed by atoms with Crippen molar-refractivity contribution >= 4 is 16.9 Å². The molecule has 2 fully saturated rings. The highest BCUT2D eigenvalue weighted by atomic mass is 32.2. The van der Waals surface area contributed by atoms with Crippen molar-refractivity contribution in [3.8, 4) is 0 Å². The van der Waals surface area contributed by atoms with Gasteiger partial charge in [0.25, 0.3) is 0 Å². The topological polar surface area (TPSA) is 33.6 Å². The Labute approximate surface area is 118 Å². The summed E-state index contributed by atoms with van der Waals surface area (Å²) >= 11 is 1.86. The molecule has 1 aromatic carbocycles. The Morgan fingerprint density at radius 3 is 2.89 bits per heavy atom. The van der Waals surface area contributed by atoms with Crippen molar-refractivity contribution in [3.63, 3.8) is 0 Å². The molecule has 2 heterocycles. The zero-order valence-corrected chi connectivity index (χ0v) is 12.1. The van der Waals surface area contributed by atoms with Crippen molar-refractivity contribution in [2.24, 2.45) is 4.99 Å². The summed E-state index contributed by atoms with van der Waals surface area (Å²) in [6.07, 6.45) is 2.20. The van der Waals surface area contributed by atoms with Gasteiger partial charge in [-0.25, -0.2) is 0 Å². The van der Waals surface area contributed by atoms with Gasteiger partial charge in [-0.2, -0.15) is 0 Å². The molecule has 19 heavy (non-hydrogen) atoms. The molecule has 0 radical (unpaired) electrons. The van der Waals surface area contributed by atoms with Gasteiger partial charge in [0.1, 0.15) is 0 Å². The van der Waals surface area contributed by atoms with Crippen molar-refractivity contribution in [2.75, 3.05) is 19.0 Å². The summed E-state index contributed by atoms with van der Waals surface area (Å²) in [7, 11) is 0. The maximum atomic E-state index is 5.45. The van der Waals surface area contributed by atoms with Crippen molar-refractivity contribution in [1.82, 2.24) is 5.32 Å². The lowest BCUT2D eigenvalue weighted by Crippen LogP contribution is -2.48. The van der Waals surface area contributed by atoms with Gasteiger partial charge in [0, 0.05) is 19.0 Å². The van der Waals surface area contributed by atoms with E-state index in [0.717, 1.165) is 43.5 Å². The first-order valence-corrected chi connectivity index (χ1v) is 7.84. The number of rotatable bonds is 2. The first kappa shape index (κ1) is 13.0. The molecular weight excluding hydrogens is 256 g/mol. The normalized spacial score (nSPS) is 23.7. The van der Waals surface area contributed by atoms with Crippen LogP contribution in [0.3, 0.4) is 0 Å². The minimum atomic E-state index is 0.244. The largest absolute Gasteiger partial charge is 0.381 e. The van der Waals surface area contributed by atoms with Gasteiger partial charge in [-0.1, -0.05) is 36.0 Å². The van der Waals surface area contributed by atoms with Crippen LogP contribution in [0, 0.1) is 6.92 Å². The number of hydrogen-bond acceptors (Lipinski definition) is 3. The quantitative estimate of drug-likeness (QED) is 0.902. The average molecular weight is 276 g/mol. The van der Waals surface area contributed by atoms with Crippen LogP contribution in [-0.2, 0) is 11.3 Å². The molecular formula is C15H20N2OS. The fraction of sp³-hybridized carbons (Fsp3) is 0.533. The van der Waals surface area contributed by atoms with Gasteiger partial charge in [-0.15, -0.1) is 0 Å². The number of thioether (sulfide) groups is 1. The Kier molecular flexibility index (Phi) is 3.80. The van der Waals surface area contributed by atoms with Crippen LogP contribution in [0.15, 0.2) is 29.3 Å². The summed E-state index contributed by atoms with van der Waals surface area (Å²) in [5.74, 6) is 1.13. The van der Waals surface area contributed by atoms with Gasteiger partial charge >= 0.3 is 0 Å². The molecule has 0 bridgehead atoms. The molecule has 0 atom stereocenters. The fourth-order valence-electron chi connectivity index (χ4n) is 2.57. The van der Waals surface area contributed by atoms with Gasteiger partial charge in [-0.3, -0.25) is 4.99 Å². The summed E-state index contributed by atoms with van der Waals surface area (Å²) < 4.78 is 5.45. The van der Waals surface area contributed by atoms with Gasteiger partial charge < -0.3 is 10.1 Å². The number of aryl methyl sites for hydroxylation is 1. The molecule has 2 saturated heterocycles. The maximum absolute atomic E-state index is 5.45. The highest BCUT2D eigenvalue weighted by molar-refractivity contribution is 8.14. The van der Waals surface area contributed by atoms with Crippen LogP contribution in [0.5, 0.6) is 0 Å². The Morgan fingerprint density at radius 2 is 2.11 bits per heavy atom. The summed E-state index contributed by atoms with van der Waals surface area (Å²) in [4.78, 5) is 4.73. The molecule has 2 aliphatic heterocycles. The van der Waals surface area contributed by atoms with Crippen molar-refractivity contribution in [2.45, 2.75) is 31.8 Å². The zero-order chi connectivity index (χ0) is 13.1. The number of ether oxygens (including phenoxy) is 1. The SMILES string of the molecule is Cc1ccccc1CN=C1NC2(CCOCC2)CS1. The first-order valence-electron chi connectivity index (χ1n) is 6.85. The number of amidine groups is 1. The van der Waals surface area contributed by atoms with Crippen LogP contribution >= 0.6 is 11.8 Å². The molecule has 4 heteroatoms. The van der Waals surface area contributed by atoms with E-state index < -0.39 is 0 Å². The molecule has 0 aliphatic carbocycles. The monoisotopic (exact) mass is 276 g/mol. The van der Waals surface area contributed by atoms with Crippen molar-refractivity contribution in [1.29, 1.82) is 0 Å². The lowest BCUT2D eigenvalue weighted by molar-refractivity contribution is 0.0555. The summed E-state index contributed by atoms with van der Waals surface area (Å²) in [5, 5.41) is 4.73. The zero-order valence-electron chi connectivity index (χ0n) is 11.3. The van der Waals surface area contributed by atoms with E-state index in [1.807, 2.05) is 11.8 Å². The molecule has 102 valence electrons. The van der Waals surface area contributed by atoms with Crippen LogP contribution in [0.1, 0.15) is 24.0 Å². The molecule has 1 N–H and O–H groups in total. The second kappa shape index (κ2) is 5.55. The lowest BCUT2D eigenvalue weighted by Gasteiger charge is -2.32. The van der Waals surface area contributed by atoms with Crippen LogP contribution in [0.4, 0.5) is 0 Å². The van der Waals surface area contributed by atoms with E-state index in [2.05, 4.69) is 36.5 Å². The van der Waals surface area contributed by atoms with Crippen molar-refractivity contribution in [3.05, 3.63) is 35.4 Å². The molecule has 0 saturated carbocycles. The van der Waals surface area contributed by atoms with Crippen molar-refractivity contribution < 1.29 is 4.74 Å². The van der Waals surface area contributed by atoms with Gasteiger partial charge in [0.2, 0.25) is 0 Å². The van der Waals surface area contributed by atoms with E-state index in [4.69, 9.17) is 9.73 Å². The molecule has 0 aromatic heterocycles. The van der Waals surface area contributed by atoms with E-state index in [9.17, 15) is 0 Å². The lowest BCUT2D eigenvalue weighted by atomic mass is 9.93. The summed E-state index contributed by atoms with van der Waals surface area (Å²) in [6.45, 7) is 4.66. The van der Waals surface area contributed by atoms with E-state index in [1.54, 1.807) is 0 Å². The van der Waals surface area contributed by atoms with Crippen LogP contribution in [0.2, 0.25) is 0 Å². The first-order chi connectivity index (χ1) is 9.27. The predicted molar refractivity (Wildman–Crippen MR) is 80.7 cm³/mol. The number of nitrogens with zero attached hydrogens (tertiary/aromatic N) is 1. The predicted octanol–water partition coefficient (Wildman–Crippen LogP) is 2.74. The Hall–Kier alpha value is -1.000. The number of nitrogens with one attached hydrogen (secondary N) is 1. The second-order valence-corrected chi connectivity index (χ2v) is 6.32. The van der Waals surface area contributed by atoms with Crippen LogP contribution in [-0.4, -0.2) is 29.7 Å². The molecule has 3 rings (SSSR count). The Balaban J connectivity index is 1.64. The Morgan fingerprint density at radius 1 is 1.32 bits per heavy atom. The molecule has 1 aromatic rings. The molecule has 2 aliphatic rings. The number of aliphatic imine (C=N–C) groups is 1. The van der Waals surface area contributed by atoms with Crippen LogP contribution < -0.4 is 5.32 Å². The highest BCUT2D eigenvalue weighted by Crippen LogP contribution is 2.31. The summed E-state index contributed by atoms with van der Waals surface area (Å²) in [6, 6.07) is 8.46. The third-order valence-electron chi connectivity index (χ3n) is 3.96. The molecule has 3 nitrogen and oxygen atoms in total. The molecule has 0 unspecified atom stereocenters. The minimum Gasteiger partial charge on any atom is -0.381 e.